The first-order valence-corrected chi connectivity index (χ1v) is 23.6. The largest absolute Gasteiger partial charge is 0.463 e. The Morgan fingerprint density at radius 2 is 0.943 bits per heavy atom. The first-order chi connectivity index (χ1) is 26.3. The predicted octanol–water partition coefficient (Wildman–Crippen LogP) is 14.3. The number of allylic oxidation sites excluding steroid dienone is 4. The monoisotopic (exact) mass is 746 g/mol. The van der Waals surface area contributed by atoms with Gasteiger partial charge in [0.1, 0.15) is 12.7 Å². The topological polar surface area (TPSA) is 48.0 Å². The van der Waals surface area contributed by atoms with Crippen molar-refractivity contribution in [1.82, 2.24) is 4.90 Å². The molecule has 0 spiro atoms. The minimum Gasteiger partial charge on any atom is -0.463 e. The molecular formula is C48H91NO4. The molecule has 1 saturated heterocycles. The highest BCUT2D eigenvalue weighted by Gasteiger charge is 2.15. The van der Waals surface area contributed by atoms with Crippen LogP contribution in [0, 0.1) is 0 Å². The number of carbonyl (C=O) groups excluding carboxylic acids is 1. The number of rotatable bonds is 41. The van der Waals surface area contributed by atoms with E-state index in [1.165, 1.54) is 199 Å². The number of likely N-dealkylation sites (tertiary alicyclic amines) is 1. The number of hydrogen-bond acceptors (Lipinski definition) is 5. The first-order valence-electron chi connectivity index (χ1n) is 23.6. The Hall–Kier alpha value is -1.17. The second-order valence-electron chi connectivity index (χ2n) is 16.1. The van der Waals surface area contributed by atoms with Gasteiger partial charge in [0.15, 0.2) is 0 Å². The van der Waals surface area contributed by atoms with Crippen LogP contribution in [0.3, 0.4) is 0 Å². The molecular weight excluding hydrogens is 655 g/mol. The third-order valence-electron chi connectivity index (χ3n) is 10.8. The second kappa shape index (κ2) is 42.0. The van der Waals surface area contributed by atoms with Crippen LogP contribution in [0.4, 0.5) is 0 Å². The summed E-state index contributed by atoms with van der Waals surface area (Å²) in [5.41, 5.74) is 0. The molecule has 1 fully saturated rings. The molecule has 1 unspecified atom stereocenters. The van der Waals surface area contributed by atoms with Crippen LogP contribution in [-0.2, 0) is 19.0 Å². The summed E-state index contributed by atoms with van der Waals surface area (Å²) in [6.45, 7) is 10.2. The fourth-order valence-corrected chi connectivity index (χ4v) is 7.30. The van der Waals surface area contributed by atoms with Crippen LogP contribution in [0.25, 0.3) is 0 Å². The van der Waals surface area contributed by atoms with Gasteiger partial charge in [-0.3, -0.25) is 4.79 Å². The molecule has 0 aromatic rings. The van der Waals surface area contributed by atoms with Crippen LogP contribution >= 0.6 is 0 Å². The lowest BCUT2D eigenvalue weighted by Crippen LogP contribution is -2.31. The number of ether oxygens (including phenoxy) is 3. The Balaban J connectivity index is 2.12. The molecule has 312 valence electrons. The Morgan fingerprint density at radius 3 is 1.43 bits per heavy atom. The number of esters is 1. The minimum atomic E-state index is -0.168. The van der Waals surface area contributed by atoms with E-state index >= 15 is 0 Å². The lowest BCUT2D eigenvalue weighted by Gasteiger charge is -2.26. The molecule has 0 bridgehead atoms. The van der Waals surface area contributed by atoms with Crippen LogP contribution in [0.5, 0.6) is 0 Å². The van der Waals surface area contributed by atoms with Crippen molar-refractivity contribution in [3.63, 3.8) is 0 Å². The molecule has 0 N–H and O–H groups in total. The predicted molar refractivity (Wildman–Crippen MR) is 230 cm³/mol. The van der Waals surface area contributed by atoms with Gasteiger partial charge >= 0.3 is 5.97 Å². The van der Waals surface area contributed by atoms with Gasteiger partial charge in [0.25, 0.3) is 0 Å². The quantitative estimate of drug-likeness (QED) is 0.0354. The zero-order valence-corrected chi connectivity index (χ0v) is 35.8. The maximum Gasteiger partial charge on any atom is 0.305 e. The average Bonchev–Trinajstić information content (AvgIpc) is 3.17. The van der Waals surface area contributed by atoms with Gasteiger partial charge in [-0.25, -0.2) is 0 Å². The van der Waals surface area contributed by atoms with Crippen molar-refractivity contribution in [3.05, 3.63) is 24.3 Å². The summed E-state index contributed by atoms with van der Waals surface area (Å²) in [4.78, 5) is 15.0. The van der Waals surface area contributed by atoms with E-state index in [1.54, 1.807) is 0 Å². The Bertz CT molecular complexity index is 792. The van der Waals surface area contributed by atoms with Gasteiger partial charge in [-0.05, 0) is 103 Å². The van der Waals surface area contributed by atoms with Gasteiger partial charge in [0, 0.05) is 19.6 Å². The molecule has 53 heavy (non-hydrogen) atoms. The zero-order chi connectivity index (χ0) is 38.0. The summed E-state index contributed by atoms with van der Waals surface area (Å²) in [5, 5.41) is 0. The highest BCUT2D eigenvalue weighted by Crippen LogP contribution is 2.13. The summed E-state index contributed by atoms with van der Waals surface area (Å²) in [7, 11) is 0. The molecule has 0 aromatic carbocycles. The van der Waals surface area contributed by atoms with E-state index in [2.05, 4.69) is 43.1 Å². The summed E-state index contributed by atoms with van der Waals surface area (Å²) in [6.07, 6.45) is 51.4. The van der Waals surface area contributed by atoms with Crippen molar-refractivity contribution in [3.8, 4) is 0 Å². The Morgan fingerprint density at radius 1 is 0.509 bits per heavy atom. The van der Waals surface area contributed by atoms with E-state index in [0.29, 0.717) is 19.6 Å². The lowest BCUT2D eigenvalue weighted by molar-refractivity contribution is -0.150. The highest BCUT2D eigenvalue weighted by molar-refractivity contribution is 5.69. The summed E-state index contributed by atoms with van der Waals surface area (Å²) < 4.78 is 18.0. The average molecular weight is 746 g/mol. The van der Waals surface area contributed by atoms with E-state index in [0.717, 1.165) is 39.0 Å². The first kappa shape index (κ1) is 49.8. The molecule has 0 amide bonds. The molecule has 1 heterocycles. The maximum absolute atomic E-state index is 12.5. The van der Waals surface area contributed by atoms with Gasteiger partial charge in [-0.1, -0.05) is 160 Å². The Kier molecular flexibility index (Phi) is 39.5. The second-order valence-corrected chi connectivity index (χ2v) is 16.1. The smallest absolute Gasteiger partial charge is 0.305 e. The number of hydrogen-bond donors (Lipinski definition) is 0. The molecule has 0 radical (unpaired) electrons. The fourth-order valence-electron chi connectivity index (χ4n) is 7.30. The minimum absolute atomic E-state index is 0.0961. The molecule has 0 aliphatic carbocycles. The van der Waals surface area contributed by atoms with Gasteiger partial charge < -0.3 is 19.1 Å². The maximum atomic E-state index is 12.5. The van der Waals surface area contributed by atoms with Crippen LogP contribution in [0.2, 0.25) is 0 Å². The van der Waals surface area contributed by atoms with Crippen molar-refractivity contribution in [2.45, 2.75) is 232 Å². The van der Waals surface area contributed by atoms with Crippen molar-refractivity contribution < 1.29 is 19.0 Å². The van der Waals surface area contributed by atoms with E-state index in [9.17, 15) is 4.79 Å². The van der Waals surface area contributed by atoms with E-state index < -0.39 is 0 Å². The summed E-state index contributed by atoms with van der Waals surface area (Å²) >= 11 is 0. The van der Waals surface area contributed by atoms with Crippen LogP contribution < -0.4 is 0 Å². The molecule has 1 rings (SSSR count). The highest BCUT2D eigenvalue weighted by atomic mass is 16.6. The molecule has 5 heteroatoms. The fraction of sp³-hybridized carbons (Fsp3) is 0.896. The number of unbranched alkanes of at least 4 members (excludes halogenated alkanes) is 24. The van der Waals surface area contributed by atoms with Crippen molar-refractivity contribution in [2.75, 3.05) is 46.1 Å². The molecule has 1 atom stereocenters. The third-order valence-corrected chi connectivity index (χ3v) is 10.8. The van der Waals surface area contributed by atoms with Gasteiger partial charge in [0.2, 0.25) is 0 Å². The van der Waals surface area contributed by atoms with Gasteiger partial charge in [0.05, 0.1) is 6.61 Å². The van der Waals surface area contributed by atoms with Crippen molar-refractivity contribution >= 4 is 5.97 Å². The van der Waals surface area contributed by atoms with E-state index in [1.807, 2.05) is 0 Å². The Labute approximate surface area is 331 Å². The van der Waals surface area contributed by atoms with Crippen molar-refractivity contribution in [2.24, 2.45) is 0 Å². The van der Waals surface area contributed by atoms with Crippen LogP contribution in [0.1, 0.15) is 226 Å². The number of carbonyl (C=O) groups is 1. The summed E-state index contributed by atoms with van der Waals surface area (Å²) in [6, 6.07) is 0. The summed E-state index contributed by atoms with van der Waals surface area (Å²) in [5.74, 6) is -0.0961. The standard InChI is InChI=1S/C48H91NO4/c1-3-5-7-9-11-13-15-17-19-21-23-25-27-29-31-36-43-51-45-47(46-53-48(50)39-38-42-49-40-34-33-35-41-49)52-44-37-32-30-28-26-24-22-20-18-16-14-12-10-8-6-4-2/h17-20,47H,3-16,21-46H2,1-2H3. The zero-order valence-electron chi connectivity index (χ0n) is 35.8. The van der Waals surface area contributed by atoms with Crippen LogP contribution in [0.15, 0.2) is 24.3 Å². The third kappa shape index (κ3) is 37.5. The van der Waals surface area contributed by atoms with E-state index in [4.69, 9.17) is 14.2 Å². The van der Waals surface area contributed by atoms with Crippen molar-refractivity contribution in [1.29, 1.82) is 0 Å². The molecule has 5 nitrogen and oxygen atoms in total. The number of nitrogens with zero attached hydrogens (tertiary/aromatic N) is 1. The number of piperidine rings is 1. The molecule has 0 aromatic heterocycles. The van der Waals surface area contributed by atoms with Crippen LogP contribution in [-0.4, -0.2) is 63.0 Å². The van der Waals surface area contributed by atoms with Gasteiger partial charge in [-0.2, -0.15) is 0 Å². The SMILES string of the molecule is CCCCCCCCC=CCCCCCCCCOCC(COC(=O)CCCN1CCCCC1)OCCCCCCCCC=CCCCCCCCC. The normalized spacial score (nSPS) is 14.5. The molecule has 1 aliphatic rings. The van der Waals surface area contributed by atoms with E-state index in [-0.39, 0.29) is 12.1 Å². The molecule has 1 aliphatic heterocycles. The molecule has 0 saturated carbocycles. The van der Waals surface area contributed by atoms with Gasteiger partial charge in [-0.15, -0.1) is 0 Å². The lowest BCUT2D eigenvalue weighted by atomic mass is 10.1.